The molecule has 1 aliphatic carbocycles. The number of aromatic nitrogens is 5. The van der Waals surface area contributed by atoms with Gasteiger partial charge in [-0.1, -0.05) is 19.6 Å². The maximum Gasteiger partial charge on any atom is 0.226 e. The topological polar surface area (TPSA) is 75.0 Å². The molecular weight excluding hydrogens is 450 g/mol. The highest BCUT2D eigenvalue weighted by molar-refractivity contribution is 9.10. The van der Waals surface area contributed by atoms with Crippen LogP contribution in [0.3, 0.4) is 0 Å². The standard InChI is InChI=1S/C20H26BrN5O2Si/c1-27-20-17(18(13-5-6-13)23-11-24-20)15-9-14-16(10-22-15)26(25-19(14)21)12-28-7-8-29(2,3)4/h9-11,13H,5-8,12H2,1-4H3. The van der Waals surface area contributed by atoms with Crippen LogP contribution in [-0.2, 0) is 11.5 Å². The van der Waals surface area contributed by atoms with Crippen molar-refractivity contribution in [1.29, 1.82) is 0 Å². The lowest BCUT2D eigenvalue weighted by molar-refractivity contribution is 0.0814. The zero-order valence-electron chi connectivity index (χ0n) is 17.3. The largest absolute Gasteiger partial charge is 0.480 e. The van der Waals surface area contributed by atoms with Crippen LogP contribution in [0.15, 0.2) is 23.2 Å². The highest BCUT2D eigenvalue weighted by atomic mass is 79.9. The van der Waals surface area contributed by atoms with Crippen LogP contribution < -0.4 is 4.74 Å². The first kappa shape index (κ1) is 20.4. The summed E-state index contributed by atoms with van der Waals surface area (Å²) in [5, 5.41) is 5.57. The highest BCUT2D eigenvalue weighted by Gasteiger charge is 2.31. The average molecular weight is 476 g/mol. The molecule has 3 aromatic rings. The van der Waals surface area contributed by atoms with E-state index in [-0.39, 0.29) is 0 Å². The molecule has 0 amide bonds. The molecule has 0 atom stereocenters. The van der Waals surface area contributed by atoms with E-state index in [9.17, 15) is 0 Å². The summed E-state index contributed by atoms with van der Waals surface area (Å²) in [6.07, 6.45) is 5.70. The van der Waals surface area contributed by atoms with Crippen LogP contribution >= 0.6 is 15.9 Å². The van der Waals surface area contributed by atoms with Crippen molar-refractivity contribution in [2.45, 2.75) is 51.2 Å². The summed E-state index contributed by atoms with van der Waals surface area (Å²) in [5.41, 5.74) is 3.63. The molecule has 1 aliphatic rings. The third kappa shape index (κ3) is 4.51. The second-order valence-corrected chi connectivity index (χ2v) is 15.0. The molecule has 4 rings (SSSR count). The fraction of sp³-hybridized carbons (Fsp3) is 0.500. The summed E-state index contributed by atoms with van der Waals surface area (Å²) in [6.45, 7) is 8.21. The number of hydrogen-bond acceptors (Lipinski definition) is 6. The van der Waals surface area contributed by atoms with Crippen LogP contribution in [0.4, 0.5) is 0 Å². The molecule has 0 aromatic carbocycles. The lowest BCUT2D eigenvalue weighted by atomic mass is 10.1. The molecular formula is C20H26BrN5O2Si. The van der Waals surface area contributed by atoms with Gasteiger partial charge in [-0.05, 0) is 40.9 Å². The number of nitrogens with zero attached hydrogens (tertiary/aromatic N) is 5. The minimum atomic E-state index is -1.11. The van der Waals surface area contributed by atoms with E-state index in [1.807, 2.05) is 16.9 Å². The Morgan fingerprint density at radius 1 is 1.21 bits per heavy atom. The predicted molar refractivity (Wildman–Crippen MR) is 119 cm³/mol. The van der Waals surface area contributed by atoms with Crippen molar-refractivity contribution < 1.29 is 9.47 Å². The summed E-state index contributed by atoms with van der Waals surface area (Å²) >= 11 is 3.59. The normalized spacial score (nSPS) is 14.5. The van der Waals surface area contributed by atoms with Crippen molar-refractivity contribution in [1.82, 2.24) is 24.7 Å². The number of ether oxygens (including phenoxy) is 2. The Morgan fingerprint density at radius 2 is 2.00 bits per heavy atom. The molecule has 1 fully saturated rings. The van der Waals surface area contributed by atoms with Crippen LogP contribution in [0, 0.1) is 0 Å². The number of methoxy groups -OCH3 is 1. The van der Waals surface area contributed by atoms with Crippen LogP contribution in [0.5, 0.6) is 5.88 Å². The average Bonchev–Trinajstić information content (AvgIpc) is 3.49. The summed E-state index contributed by atoms with van der Waals surface area (Å²) < 4.78 is 14.0. The van der Waals surface area contributed by atoms with E-state index in [0.717, 1.165) is 58.0 Å². The van der Waals surface area contributed by atoms with E-state index >= 15 is 0 Å². The number of hydrogen-bond donors (Lipinski definition) is 0. The summed E-state index contributed by atoms with van der Waals surface area (Å²) in [7, 11) is 0.524. The molecule has 0 bridgehead atoms. The second-order valence-electron chi connectivity index (χ2n) is 8.64. The van der Waals surface area contributed by atoms with Crippen molar-refractivity contribution >= 4 is 34.9 Å². The van der Waals surface area contributed by atoms with E-state index in [1.165, 1.54) is 0 Å². The van der Waals surface area contributed by atoms with Crippen LogP contribution in [0.2, 0.25) is 25.7 Å². The van der Waals surface area contributed by atoms with Crippen molar-refractivity contribution in [3.05, 3.63) is 28.9 Å². The summed E-state index contributed by atoms with van der Waals surface area (Å²) in [6, 6.07) is 3.16. The first-order valence-corrected chi connectivity index (χ1v) is 14.4. The molecule has 3 heterocycles. The monoisotopic (exact) mass is 475 g/mol. The first-order chi connectivity index (χ1) is 13.9. The van der Waals surface area contributed by atoms with Crippen molar-refractivity contribution in [3.8, 4) is 17.1 Å². The lowest BCUT2D eigenvalue weighted by Gasteiger charge is -2.15. The maximum absolute atomic E-state index is 5.87. The van der Waals surface area contributed by atoms with Gasteiger partial charge in [-0.15, -0.1) is 0 Å². The van der Waals surface area contributed by atoms with Gasteiger partial charge in [0.05, 0.1) is 35.8 Å². The van der Waals surface area contributed by atoms with Gasteiger partial charge in [0.1, 0.15) is 17.7 Å². The quantitative estimate of drug-likeness (QED) is 0.342. The van der Waals surface area contributed by atoms with Gasteiger partial charge in [-0.3, -0.25) is 4.98 Å². The lowest BCUT2D eigenvalue weighted by Crippen LogP contribution is -2.22. The second kappa shape index (κ2) is 8.12. The minimum absolute atomic E-state index is 0.415. The van der Waals surface area contributed by atoms with E-state index < -0.39 is 8.07 Å². The molecule has 0 unspecified atom stereocenters. The smallest absolute Gasteiger partial charge is 0.226 e. The molecule has 0 saturated heterocycles. The van der Waals surface area contributed by atoms with Gasteiger partial charge in [-0.2, -0.15) is 5.10 Å². The predicted octanol–water partition coefficient (Wildman–Crippen LogP) is 4.85. The zero-order chi connectivity index (χ0) is 20.6. The molecule has 0 N–H and O–H groups in total. The zero-order valence-corrected chi connectivity index (χ0v) is 19.9. The van der Waals surface area contributed by atoms with Crippen molar-refractivity contribution in [2.75, 3.05) is 13.7 Å². The Bertz CT molecular complexity index is 1030. The van der Waals surface area contributed by atoms with Crippen LogP contribution in [0.25, 0.3) is 22.2 Å². The maximum atomic E-state index is 5.87. The Kier molecular flexibility index (Phi) is 5.72. The minimum Gasteiger partial charge on any atom is -0.480 e. The molecule has 29 heavy (non-hydrogen) atoms. The van der Waals surface area contributed by atoms with Crippen molar-refractivity contribution in [3.63, 3.8) is 0 Å². The van der Waals surface area contributed by atoms with Gasteiger partial charge >= 0.3 is 0 Å². The van der Waals surface area contributed by atoms with E-state index in [4.69, 9.17) is 14.5 Å². The van der Waals surface area contributed by atoms with Crippen LogP contribution in [-0.4, -0.2) is 46.5 Å². The molecule has 154 valence electrons. The SMILES string of the molecule is COc1ncnc(C2CC2)c1-c1cc2c(Br)nn(COCC[Si](C)(C)C)c2cn1. The highest BCUT2D eigenvalue weighted by Crippen LogP contribution is 2.45. The van der Waals surface area contributed by atoms with Gasteiger partial charge in [0.2, 0.25) is 5.88 Å². The first-order valence-electron chi connectivity index (χ1n) is 9.86. The Morgan fingerprint density at radius 3 is 2.69 bits per heavy atom. The van der Waals surface area contributed by atoms with Gasteiger partial charge in [0, 0.05) is 26.0 Å². The summed E-state index contributed by atoms with van der Waals surface area (Å²) in [4.78, 5) is 13.5. The molecule has 0 spiro atoms. The number of rotatable bonds is 8. The Balaban J connectivity index is 1.64. The Hall–Kier alpha value is -1.84. The van der Waals surface area contributed by atoms with E-state index in [0.29, 0.717) is 18.5 Å². The fourth-order valence-electron chi connectivity index (χ4n) is 3.24. The number of fused-ring (bicyclic) bond motifs is 1. The third-order valence-electron chi connectivity index (χ3n) is 5.06. The summed E-state index contributed by atoms with van der Waals surface area (Å²) in [5.74, 6) is 1.03. The molecule has 9 heteroatoms. The third-order valence-corrected chi connectivity index (χ3v) is 7.35. The van der Waals surface area contributed by atoms with Gasteiger partial charge in [0.15, 0.2) is 0 Å². The van der Waals surface area contributed by atoms with Gasteiger partial charge < -0.3 is 9.47 Å². The molecule has 0 aliphatic heterocycles. The number of pyridine rings is 1. The van der Waals surface area contributed by atoms with E-state index in [2.05, 4.69) is 50.6 Å². The molecule has 0 radical (unpaired) electrons. The van der Waals surface area contributed by atoms with Crippen LogP contribution in [0.1, 0.15) is 24.5 Å². The van der Waals surface area contributed by atoms with Crippen molar-refractivity contribution in [2.24, 2.45) is 0 Å². The molecule has 1 saturated carbocycles. The number of halogens is 1. The molecule has 3 aromatic heterocycles. The molecule has 7 nitrogen and oxygen atoms in total. The fourth-order valence-corrected chi connectivity index (χ4v) is 4.51. The van der Waals surface area contributed by atoms with Gasteiger partial charge in [-0.25, -0.2) is 14.6 Å². The van der Waals surface area contributed by atoms with E-state index in [1.54, 1.807) is 13.4 Å². The Labute approximate surface area is 180 Å². The van der Waals surface area contributed by atoms with Gasteiger partial charge in [0.25, 0.3) is 0 Å².